The first-order valence-electron chi connectivity index (χ1n) is 6.23. The normalized spacial score (nSPS) is 26.8. The summed E-state index contributed by atoms with van der Waals surface area (Å²) in [5, 5.41) is 10.6. The van der Waals surface area contributed by atoms with Gasteiger partial charge in [-0.2, -0.15) is 0 Å². The summed E-state index contributed by atoms with van der Waals surface area (Å²) >= 11 is 0. The second-order valence-electron chi connectivity index (χ2n) is 5.15. The first-order valence-corrected chi connectivity index (χ1v) is 6.23. The molecule has 1 heterocycles. The molecule has 2 nitrogen and oxygen atoms in total. The van der Waals surface area contributed by atoms with Gasteiger partial charge in [-0.3, -0.25) is 0 Å². The molecule has 3 heteroatoms. The maximum atomic E-state index is 13.6. The van der Waals surface area contributed by atoms with Crippen molar-refractivity contribution in [1.29, 1.82) is 0 Å². The number of aliphatic hydroxyl groups is 1. The first kappa shape index (κ1) is 12.5. The predicted octanol–water partition coefficient (Wildman–Crippen LogP) is 2.21. The van der Waals surface area contributed by atoms with Gasteiger partial charge in [0.2, 0.25) is 0 Å². The van der Waals surface area contributed by atoms with E-state index in [-0.39, 0.29) is 5.82 Å². The molecule has 0 spiro atoms. The fourth-order valence-corrected chi connectivity index (χ4v) is 2.49. The van der Waals surface area contributed by atoms with Crippen LogP contribution in [0.1, 0.15) is 24.8 Å². The van der Waals surface area contributed by atoms with Crippen molar-refractivity contribution in [3.05, 3.63) is 35.6 Å². The zero-order valence-corrected chi connectivity index (χ0v) is 10.3. The Morgan fingerprint density at radius 2 is 2.06 bits per heavy atom. The van der Waals surface area contributed by atoms with E-state index in [1.54, 1.807) is 12.1 Å². The van der Waals surface area contributed by atoms with Crippen molar-refractivity contribution >= 4 is 0 Å². The Morgan fingerprint density at radius 1 is 1.29 bits per heavy atom. The van der Waals surface area contributed by atoms with E-state index in [9.17, 15) is 9.50 Å². The number of nitrogens with zero attached hydrogens (tertiary/aromatic N) is 1. The molecule has 1 atom stereocenters. The van der Waals surface area contributed by atoms with Crippen LogP contribution in [0.3, 0.4) is 0 Å². The summed E-state index contributed by atoms with van der Waals surface area (Å²) in [7, 11) is 2.06. The van der Waals surface area contributed by atoms with Crippen LogP contribution >= 0.6 is 0 Å². The molecule has 1 saturated heterocycles. The van der Waals surface area contributed by atoms with Crippen molar-refractivity contribution in [2.45, 2.75) is 31.3 Å². The molecule has 0 radical (unpaired) electrons. The molecular weight excluding hydrogens is 217 g/mol. The van der Waals surface area contributed by atoms with E-state index in [0.717, 1.165) is 32.4 Å². The highest BCUT2D eigenvalue weighted by atomic mass is 19.1. The van der Waals surface area contributed by atoms with E-state index in [4.69, 9.17) is 0 Å². The van der Waals surface area contributed by atoms with E-state index in [2.05, 4.69) is 11.9 Å². The summed E-state index contributed by atoms with van der Waals surface area (Å²) in [5.41, 5.74) is -0.119. The highest BCUT2D eigenvalue weighted by molar-refractivity contribution is 5.19. The summed E-state index contributed by atoms with van der Waals surface area (Å²) < 4.78 is 13.6. The maximum Gasteiger partial charge on any atom is 0.126 e. The Morgan fingerprint density at radius 3 is 2.82 bits per heavy atom. The van der Waals surface area contributed by atoms with Gasteiger partial charge >= 0.3 is 0 Å². The molecule has 1 fully saturated rings. The molecule has 0 saturated carbocycles. The molecule has 0 aliphatic carbocycles. The molecule has 1 aliphatic heterocycles. The minimum Gasteiger partial charge on any atom is -0.389 e. The van der Waals surface area contributed by atoms with Crippen LogP contribution in [-0.4, -0.2) is 35.7 Å². The molecule has 1 aromatic carbocycles. The topological polar surface area (TPSA) is 23.5 Å². The lowest BCUT2D eigenvalue weighted by molar-refractivity contribution is 0.0255. The zero-order valence-electron chi connectivity index (χ0n) is 10.3. The van der Waals surface area contributed by atoms with Gasteiger partial charge in [0.1, 0.15) is 5.82 Å². The third-order valence-electron chi connectivity index (χ3n) is 3.62. The fraction of sp³-hybridized carbons (Fsp3) is 0.571. The van der Waals surface area contributed by atoms with Crippen LogP contribution in [0.25, 0.3) is 0 Å². The molecule has 0 bridgehead atoms. The highest BCUT2D eigenvalue weighted by Gasteiger charge is 2.30. The van der Waals surface area contributed by atoms with Crippen LogP contribution in [0.15, 0.2) is 24.3 Å². The van der Waals surface area contributed by atoms with Crippen LogP contribution < -0.4 is 0 Å². The van der Waals surface area contributed by atoms with E-state index < -0.39 is 5.60 Å². The van der Waals surface area contributed by atoms with Crippen molar-refractivity contribution in [2.75, 3.05) is 20.1 Å². The van der Waals surface area contributed by atoms with Crippen molar-refractivity contribution < 1.29 is 9.50 Å². The van der Waals surface area contributed by atoms with Crippen LogP contribution in [0.2, 0.25) is 0 Å². The molecule has 94 valence electrons. The number of benzene rings is 1. The first-order chi connectivity index (χ1) is 8.09. The maximum absolute atomic E-state index is 13.6. The lowest BCUT2D eigenvalue weighted by Gasteiger charge is -2.26. The van der Waals surface area contributed by atoms with Gasteiger partial charge in [0.05, 0.1) is 5.60 Å². The van der Waals surface area contributed by atoms with Gasteiger partial charge in [0.25, 0.3) is 0 Å². The third-order valence-corrected chi connectivity index (χ3v) is 3.62. The number of rotatable bonds is 2. The fourth-order valence-electron chi connectivity index (χ4n) is 2.49. The van der Waals surface area contributed by atoms with Crippen LogP contribution in [0.5, 0.6) is 0 Å². The SMILES string of the molecule is CN1CCCC(O)(Cc2ccccc2F)CC1. The van der Waals surface area contributed by atoms with Gasteiger partial charge in [0.15, 0.2) is 0 Å². The van der Waals surface area contributed by atoms with E-state index in [1.807, 2.05) is 6.07 Å². The lowest BCUT2D eigenvalue weighted by atomic mass is 9.87. The van der Waals surface area contributed by atoms with Crippen LogP contribution in [0, 0.1) is 5.82 Å². The van der Waals surface area contributed by atoms with Crippen LogP contribution in [-0.2, 0) is 6.42 Å². The number of hydrogen-bond acceptors (Lipinski definition) is 2. The van der Waals surface area contributed by atoms with Gasteiger partial charge in [-0.1, -0.05) is 18.2 Å². The summed E-state index contributed by atoms with van der Waals surface area (Å²) in [6, 6.07) is 6.73. The number of halogens is 1. The summed E-state index contributed by atoms with van der Waals surface area (Å²) in [6.45, 7) is 1.89. The van der Waals surface area contributed by atoms with Crippen molar-refractivity contribution in [1.82, 2.24) is 4.90 Å². The Hall–Kier alpha value is -0.930. The van der Waals surface area contributed by atoms with Crippen molar-refractivity contribution in [3.63, 3.8) is 0 Å². The number of hydrogen-bond donors (Lipinski definition) is 1. The van der Waals surface area contributed by atoms with Gasteiger partial charge in [0, 0.05) is 13.0 Å². The number of likely N-dealkylation sites (tertiary alicyclic amines) is 1. The Kier molecular flexibility index (Phi) is 3.79. The van der Waals surface area contributed by atoms with Gasteiger partial charge < -0.3 is 10.0 Å². The highest BCUT2D eigenvalue weighted by Crippen LogP contribution is 2.26. The second kappa shape index (κ2) is 5.15. The average Bonchev–Trinajstić information content (AvgIpc) is 2.45. The third kappa shape index (κ3) is 3.27. The standard InChI is InChI=1S/C14H20FNO/c1-16-9-4-7-14(17,8-10-16)11-12-5-2-3-6-13(12)15/h2-3,5-6,17H,4,7-11H2,1H3. The zero-order chi connectivity index (χ0) is 12.3. The smallest absolute Gasteiger partial charge is 0.126 e. The van der Waals surface area contributed by atoms with E-state index in [1.165, 1.54) is 6.07 Å². The molecule has 0 amide bonds. The predicted molar refractivity (Wildman–Crippen MR) is 66.4 cm³/mol. The largest absolute Gasteiger partial charge is 0.389 e. The van der Waals surface area contributed by atoms with Crippen molar-refractivity contribution in [2.24, 2.45) is 0 Å². The van der Waals surface area contributed by atoms with Gasteiger partial charge in [-0.05, 0) is 44.5 Å². The van der Waals surface area contributed by atoms with Crippen LogP contribution in [0.4, 0.5) is 4.39 Å². The molecule has 1 unspecified atom stereocenters. The second-order valence-corrected chi connectivity index (χ2v) is 5.15. The van der Waals surface area contributed by atoms with Gasteiger partial charge in [-0.25, -0.2) is 4.39 Å². The molecule has 17 heavy (non-hydrogen) atoms. The average molecular weight is 237 g/mol. The molecular formula is C14H20FNO. The quantitative estimate of drug-likeness (QED) is 0.852. The molecule has 1 N–H and O–H groups in total. The minimum atomic E-state index is -0.743. The molecule has 1 aliphatic rings. The monoisotopic (exact) mass is 237 g/mol. The molecule has 1 aromatic rings. The van der Waals surface area contributed by atoms with E-state index >= 15 is 0 Å². The molecule has 2 rings (SSSR count). The lowest BCUT2D eigenvalue weighted by Crippen LogP contribution is -2.33. The van der Waals surface area contributed by atoms with Gasteiger partial charge in [-0.15, -0.1) is 0 Å². The Bertz CT molecular complexity index is 382. The summed E-state index contributed by atoms with van der Waals surface area (Å²) in [6.07, 6.45) is 2.87. The van der Waals surface area contributed by atoms with E-state index in [0.29, 0.717) is 12.0 Å². The van der Waals surface area contributed by atoms with Crippen molar-refractivity contribution in [3.8, 4) is 0 Å². The molecule has 0 aromatic heterocycles. The summed E-state index contributed by atoms with van der Waals surface area (Å²) in [5.74, 6) is -0.210. The summed E-state index contributed by atoms with van der Waals surface area (Å²) in [4.78, 5) is 2.22. The Balaban J connectivity index is 2.09. The Labute approximate surface area is 102 Å². The minimum absolute atomic E-state index is 0.210.